The smallest absolute Gasteiger partial charge is 0.315 e. The first-order chi connectivity index (χ1) is 11.1. The van der Waals surface area contributed by atoms with E-state index in [2.05, 4.69) is 16.0 Å². The van der Waals surface area contributed by atoms with Gasteiger partial charge in [-0.1, -0.05) is 29.3 Å². The van der Waals surface area contributed by atoms with Crippen molar-refractivity contribution in [3.05, 3.63) is 58.0 Å². The van der Waals surface area contributed by atoms with Crippen molar-refractivity contribution in [3.8, 4) is 0 Å². The van der Waals surface area contributed by atoms with Gasteiger partial charge in [0, 0.05) is 29.7 Å². The number of nitrogens with one attached hydrogen (secondary N) is 3. The molecule has 0 radical (unpaired) electrons. The normalized spacial score (nSPS) is 10.2. The van der Waals surface area contributed by atoms with Crippen LogP contribution in [0.3, 0.4) is 0 Å². The Balaban J connectivity index is 1.64. The topological polar surface area (TPSA) is 83.4 Å². The molecule has 3 N–H and O–H groups in total. The van der Waals surface area contributed by atoms with Gasteiger partial charge in [-0.05, 0) is 29.8 Å². The minimum atomic E-state index is -0.358. The third kappa shape index (κ3) is 5.50. The molecule has 122 valence electrons. The molecule has 0 bridgehead atoms. The minimum absolute atomic E-state index is 0.229. The second-order valence-corrected chi connectivity index (χ2v) is 5.42. The van der Waals surface area contributed by atoms with Crippen LogP contribution in [0.15, 0.2) is 41.0 Å². The number of halogens is 2. The van der Waals surface area contributed by atoms with E-state index in [0.29, 0.717) is 10.0 Å². The fourth-order valence-corrected chi connectivity index (χ4v) is 2.23. The van der Waals surface area contributed by atoms with Crippen LogP contribution in [-0.2, 0) is 6.54 Å². The second kappa shape index (κ2) is 8.45. The van der Waals surface area contributed by atoms with Crippen molar-refractivity contribution >= 4 is 35.1 Å². The Morgan fingerprint density at radius 1 is 1.04 bits per heavy atom. The van der Waals surface area contributed by atoms with E-state index in [9.17, 15) is 9.59 Å². The molecule has 0 saturated carbocycles. The van der Waals surface area contributed by atoms with E-state index < -0.39 is 0 Å². The summed E-state index contributed by atoms with van der Waals surface area (Å²) in [5.41, 5.74) is 0.761. The van der Waals surface area contributed by atoms with Crippen molar-refractivity contribution in [1.82, 2.24) is 16.0 Å². The van der Waals surface area contributed by atoms with Gasteiger partial charge in [-0.25, -0.2) is 4.79 Å². The first-order valence-corrected chi connectivity index (χ1v) is 7.59. The van der Waals surface area contributed by atoms with Crippen molar-refractivity contribution in [2.75, 3.05) is 13.1 Å². The number of carbonyl (C=O) groups excluding carboxylic acids is 2. The van der Waals surface area contributed by atoms with Crippen LogP contribution in [0.4, 0.5) is 4.79 Å². The van der Waals surface area contributed by atoms with E-state index in [1.807, 2.05) is 0 Å². The van der Waals surface area contributed by atoms with Crippen molar-refractivity contribution in [1.29, 1.82) is 0 Å². The molecule has 3 amide bonds. The molecular formula is C15H15Cl2N3O3. The molecule has 23 heavy (non-hydrogen) atoms. The molecular weight excluding hydrogens is 341 g/mol. The molecule has 8 heteroatoms. The summed E-state index contributed by atoms with van der Waals surface area (Å²) in [7, 11) is 0. The van der Waals surface area contributed by atoms with Crippen LogP contribution in [-0.4, -0.2) is 25.0 Å². The largest absolute Gasteiger partial charge is 0.459 e. The van der Waals surface area contributed by atoms with Crippen molar-refractivity contribution in [2.24, 2.45) is 0 Å². The predicted molar refractivity (Wildman–Crippen MR) is 87.7 cm³/mol. The molecule has 2 rings (SSSR count). The summed E-state index contributed by atoms with van der Waals surface area (Å²) in [4.78, 5) is 23.2. The first kappa shape index (κ1) is 17.2. The molecule has 0 unspecified atom stereocenters. The molecule has 6 nitrogen and oxygen atoms in total. The summed E-state index contributed by atoms with van der Waals surface area (Å²) < 4.78 is 4.95. The van der Waals surface area contributed by atoms with Crippen LogP contribution in [0, 0.1) is 0 Å². The fraction of sp³-hybridized carbons (Fsp3) is 0.200. The highest BCUT2D eigenvalue weighted by molar-refractivity contribution is 6.35. The van der Waals surface area contributed by atoms with Crippen molar-refractivity contribution < 1.29 is 14.0 Å². The maximum Gasteiger partial charge on any atom is 0.315 e. The molecule has 1 heterocycles. The van der Waals surface area contributed by atoms with E-state index in [4.69, 9.17) is 27.6 Å². The van der Waals surface area contributed by atoms with Crippen LogP contribution >= 0.6 is 23.2 Å². The zero-order chi connectivity index (χ0) is 16.7. The lowest BCUT2D eigenvalue weighted by Gasteiger charge is -2.09. The predicted octanol–water partition coefficient (Wildman–Crippen LogP) is 2.82. The van der Waals surface area contributed by atoms with Crippen LogP contribution in [0.5, 0.6) is 0 Å². The van der Waals surface area contributed by atoms with Crippen LogP contribution < -0.4 is 16.0 Å². The van der Waals surface area contributed by atoms with E-state index in [-0.39, 0.29) is 37.3 Å². The highest BCUT2D eigenvalue weighted by atomic mass is 35.5. The fourth-order valence-electron chi connectivity index (χ4n) is 1.75. The molecule has 0 spiro atoms. The van der Waals surface area contributed by atoms with Gasteiger partial charge in [0.2, 0.25) is 0 Å². The van der Waals surface area contributed by atoms with Gasteiger partial charge in [-0.15, -0.1) is 0 Å². The van der Waals surface area contributed by atoms with Gasteiger partial charge < -0.3 is 20.4 Å². The summed E-state index contributed by atoms with van der Waals surface area (Å²) in [5.74, 6) is -0.100. The molecule has 0 aliphatic rings. The molecule has 1 aromatic heterocycles. The average molecular weight is 356 g/mol. The number of amides is 3. The van der Waals surface area contributed by atoms with Crippen molar-refractivity contribution in [3.63, 3.8) is 0 Å². The highest BCUT2D eigenvalue weighted by Gasteiger charge is 2.07. The standard InChI is InChI=1S/C15H15Cl2N3O3/c16-11-4-3-10(12(17)8-11)9-20-15(22)19-6-5-18-14(21)13-2-1-7-23-13/h1-4,7-8H,5-6,9H2,(H,18,21)(H2,19,20,22). The molecule has 2 aromatic rings. The van der Waals surface area contributed by atoms with E-state index in [1.54, 1.807) is 30.3 Å². The lowest BCUT2D eigenvalue weighted by atomic mass is 10.2. The van der Waals surface area contributed by atoms with Gasteiger partial charge in [-0.3, -0.25) is 4.79 Å². The number of hydrogen-bond donors (Lipinski definition) is 3. The molecule has 0 saturated heterocycles. The van der Waals surface area contributed by atoms with E-state index >= 15 is 0 Å². The molecule has 0 fully saturated rings. The highest BCUT2D eigenvalue weighted by Crippen LogP contribution is 2.20. The zero-order valence-corrected chi connectivity index (χ0v) is 13.6. The second-order valence-electron chi connectivity index (χ2n) is 4.58. The number of carbonyl (C=O) groups is 2. The Bertz CT molecular complexity index is 675. The van der Waals surface area contributed by atoms with Gasteiger partial charge in [0.25, 0.3) is 5.91 Å². The van der Waals surface area contributed by atoms with E-state index in [0.717, 1.165) is 5.56 Å². The SMILES string of the molecule is O=C(NCCNC(=O)c1ccco1)NCc1ccc(Cl)cc1Cl. The Kier molecular flexibility index (Phi) is 6.31. The van der Waals surface area contributed by atoms with Gasteiger partial charge >= 0.3 is 6.03 Å². The summed E-state index contributed by atoms with van der Waals surface area (Å²) >= 11 is 11.8. The Labute approximate surface area is 143 Å². The van der Waals surface area contributed by atoms with Crippen LogP contribution in [0.25, 0.3) is 0 Å². The maximum absolute atomic E-state index is 11.6. The lowest BCUT2D eigenvalue weighted by Crippen LogP contribution is -2.40. The Morgan fingerprint density at radius 3 is 2.52 bits per heavy atom. The summed E-state index contributed by atoms with van der Waals surface area (Å²) in [5, 5.41) is 8.93. The summed E-state index contributed by atoms with van der Waals surface area (Å²) in [6.45, 7) is 0.849. The van der Waals surface area contributed by atoms with Crippen LogP contribution in [0.1, 0.15) is 16.1 Å². The number of benzene rings is 1. The molecule has 1 aromatic carbocycles. The van der Waals surface area contributed by atoms with Gasteiger partial charge in [0.15, 0.2) is 5.76 Å². The number of hydrogen-bond acceptors (Lipinski definition) is 3. The van der Waals surface area contributed by atoms with Crippen LogP contribution in [0.2, 0.25) is 10.0 Å². The van der Waals surface area contributed by atoms with Gasteiger partial charge in [0.05, 0.1) is 6.26 Å². The summed E-state index contributed by atoms with van der Waals surface area (Å²) in [6.07, 6.45) is 1.42. The molecule has 0 aliphatic carbocycles. The lowest BCUT2D eigenvalue weighted by molar-refractivity contribution is 0.0926. The molecule has 0 aliphatic heterocycles. The number of furan rings is 1. The third-order valence-electron chi connectivity index (χ3n) is 2.90. The monoisotopic (exact) mass is 355 g/mol. The zero-order valence-electron chi connectivity index (χ0n) is 12.1. The third-order valence-corrected chi connectivity index (χ3v) is 3.48. The summed E-state index contributed by atoms with van der Waals surface area (Å²) in [6, 6.07) is 7.89. The molecule has 0 atom stereocenters. The first-order valence-electron chi connectivity index (χ1n) is 6.83. The van der Waals surface area contributed by atoms with Gasteiger partial charge in [0.1, 0.15) is 0 Å². The average Bonchev–Trinajstić information content (AvgIpc) is 3.05. The number of rotatable bonds is 6. The van der Waals surface area contributed by atoms with E-state index in [1.165, 1.54) is 6.26 Å². The number of urea groups is 1. The van der Waals surface area contributed by atoms with Crippen molar-refractivity contribution in [2.45, 2.75) is 6.54 Å². The quantitative estimate of drug-likeness (QED) is 0.696. The Morgan fingerprint density at radius 2 is 1.83 bits per heavy atom. The minimum Gasteiger partial charge on any atom is -0.459 e. The van der Waals surface area contributed by atoms with Gasteiger partial charge in [-0.2, -0.15) is 0 Å². The maximum atomic E-state index is 11.6. The Hall–Kier alpha value is -2.18.